The molecule has 1 saturated carbocycles. The fourth-order valence-electron chi connectivity index (χ4n) is 2.53. The van der Waals surface area contributed by atoms with E-state index in [0.717, 1.165) is 12.5 Å². The number of hydrogen-bond acceptors (Lipinski definition) is 2. The first-order valence-electron chi connectivity index (χ1n) is 5.05. The first-order chi connectivity index (χ1) is 6.22. The zero-order valence-electron chi connectivity index (χ0n) is 8.32. The topological polar surface area (TPSA) is 29.5 Å². The van der Waals surface area contributed by atoms with Crippen molar-refractivity contribution < 1.29 is 9.53 Å². The Bertz CT molecular complexity index is 217. The number of carbonyl (C=O) groups excluding carboxylic acids is 1. The Balaban J connectivity index is 1.98. The van der Waals surface area contributed by atoms with E-state index in [1.165, 1.54) is 19.3 Å². The van der Waals surface area contributed by atoms with Gasteiger partial charge in [0.25, 0.3) is 5.91 Å². The predicted octanol–water partition coefficient (Wildman–Crippen LogP) is 1.03. The number of fused-ring (bicyclic) bond motifs is 2. The van der Waals surface area contributed by atoms with Crippen LogP contribution >= 0.6 is 0 Å². The molecule has 2 rings (SSSR count). The summed E-state index contributed by atoms with van der Waals surface area (Å²) in [5.74, 6) is 0.952. The molecule has 0 aromatic rings. The van der Waals surface area contributed by atoms with Crippen molar-refractivity contribution in [2.45, 2.75) is 38.3 Å². The van der Waals surface area contributed by atoms with Gasteiger partial charge in [-0.15, -0.1) is 0 Å². The van der Waals surface area contributed by atoms with Crippen molar-refractivity contribution >= 4 is 5.91 Å². The highest BCUT2D eigenvalue weighted by Crippen LogP contribution is 2.37. The standard InChI is InChI=1S/C10H17NO2/c1-7(13-2)10(12)11-6-8-3-4-9(11)5-8/h7-9H,3-6H2,1-2H3. The van der Waals surface area contributed by atoms with Gasteiger partial charge in [-0.05, 0) is 32.1 Å². The van der Waals surface area contributed by atoms with Crippen molar-refractivity contribution in [2.24, 2.45) is 5.92 Å². The molecule has 0 aromatic carbocycles. The second-order valence-corrected chi connectivity index (χ2v) is 4.20. The Hall–Kier alpha value is -0.570. The highest BCUT2D eigenvalue weighted by atomic mass is 16.5. The van der Waals surface area contributed by atoms with E-state index in [1.807, 2.05) is 11.8 Å². The number of carbonyl (C=O) groups is 1. The van der Waals surface area contributed by atoms with Crippen molar-refractivity contribution in [1.29, 1.82) is 0 Å². The summed E-state index contributed by atoms with van der Waals surface area (Å²) >= 11 is 0. The summed E-state index contributed by atoms with van der Waals surface area (Å²) in [7, 11) is 1.59. The van der Waals surface area contributed by atoms with E-state index >= 15 is 0 Å². The van der Waals surface area contributed by atoms with Crippen LogP contribution in [0.5, 0.6) is 0 Å². The van der Waals surface area contributed by atoms with Crippen LogP contribution in [0.3, 0.4) is 0 Å². The maximum absolute atomic E-state index is 11.8. The largest absolute Gasteiger partial charge is 0.372 e. The van der Waals surface area contributed by atoms with Gasteiger partial charge in [-0.2, -0.15) is 0 Å². The molecule has 3 heteroatoms. The lowest BCUT2D eigenvalue weighted by atomic mass is 10.1. The first kappa shape index (κ1) is 9.00. The van der Waals surface area contributed by atoms with Crippen LogP contribution in [-0.2, 0) is 9.53 Å². The van der Waals surface area contributed by atoms with Crippen LogP contribution in [-0.4, -0.2) is 36.6 Å². The number of rotatable bonds is 2. The zero-order valence-corrected chi connectivity index (χ0v) is 8.32. The van der Waals surface area contributed by atoms with E-state index in [4.69, 9.17) is 4.74 Å². The number of nitrogens with zero attached hydrogens (tertiary/aromatic N) is 1. The van der Waals surface area contributed by atoms with Gasteiger partial charge in [0.15, 0.2) is 0 Å². The second-order valence-electron chi connectivity index (χ2n) is 4.20. The second kappa shape index (κ2) is 3.29. The van der Waals surface area contributed by atoms with Crippen LogP contribution in [0.25, 0.3) is 0 Å². The minimum Gasteiger partial charge on any atom is -0.372 e. The van der Waals surface area contributed by atoms with E-state index in [-0.39, 0.29) is 12.0 Å². The molecule has 3 unspecified atom stereocenters. The Labute approximate surface area is 79.0 Å². The minimum absolute atomic E-state index is 0.176. The van der Waals surface area contributed by atoms with E-state index in [2.05, 4.69) is 0 Å². The summed E-state index contributed by atoms with van der Waals surface area (Å²) in [6, 6.07) is 0.523. The zero-order chi connectivity index (χ0) is 9.42. The molecule has 1 aliphatic carbocycles. The number of ether oxygens (including phenoxy) is 1. The SMILES string of the molecule is COC(C)C(=O)N1CC2CCC1C2. The molecule has 1 aliphatic heterocycles. The lowest BCUT2D eigenvalue weighted by Gasteiger charge is -2.28. The first-order valence-corrected chi connectivity index (χ1v) is 5.05. The summed E-state index contributed by atoms with van der Waals surface area (Å²) < 4.78 is 5.04. The molecule has 3 atom stereocenters. The van der Waals surface area contributed by atoms with Gasteiger partial charge in [0.1, 0.15) is 6.10 Å². The molecule has 13 heavy (non-hydrogen) atoms. The third-order valence-electron chi connectivity index (χ3n) is 3.39. The van der Waals surface area contributed by atoms with Gasteiger partial charge in [-0.1, -0.05) is 0 Å². The summed E-state index contributed by atoms with van der Waals surface area (Å²) in [6.45, 7) is 2.80. The maximum Gasteiger partial charge on any atom is 0.251 e. The smallest absolute Gasteiger partial charge is 0.251 e. The van der Waals surface area contributed by atoms with Crippen LogP contribution in [0.1, 0.15) is 26.2 Å². The molecule has 0 spiro atoms. The van der Waals surface area contributed by atoms with Crippen LogP contribution in [0.15, 0.2) is 0 Å². The highest BCUT2D eigenvalue weighted by Gasteiger charge is 2.41. The number of methoxy groups -OCH3 is 1. The van der Waals surface area contributed by atoms with Crippen molar-refractivity contribution in [1.82, 2.24) is 4.90 Å². The molecule has 2 bridgehead atoms. The molecule has 3 nitrogen and oxygen atoms in total. The lowest BCUT2D eigenvalue weighted by Crippen LogP contribution is -2.43. The molecule has 0 N–H and O–H groups in total. The lowest BCUT2D eigenvalue weighted by molar-refractivity contribution is -0.142. The Morgan fingerprint density at radius 3 is 2.77 bits per heavy atom. The summed E-state index contributed by atoms with van der Waals surface area (Å²) in [5.41, 5.74) is 0. The van der Waals surface area contributed by atoms with Gasteiger partial charge in [0.05, 0.1) is 0 Å². The highest BCUT2D eigenvalue weighted by molar-refractivity contribution is 5.81. The molecule has 74 valence electrons. The Morgan fingerprint density at radius 1 is 1.54 bits per heavy atom. The van der Waals surface area contributed by atoms with Crippen LogP contribution in [0.4, 0.5) is 0 Å². The number of piperidine rings is 1. The van der Waals surface area contributed by atoms with Gasteiger partial charge in [-0.25, -0.2) is 0 Å². The molecular formula is C10H17NO2. The van der Waals surface area contributed by atoms with Crippen molar-refractivity contribution in [3.05, 3.63) is 0 Å². The fourth-order valence-corrected chi connectivity index (χ4v) is 2.53. The van der Waals surface area contributed by atoms with E-state index < -0.39 is 0 Å². The van der Waals surface area contributed by atoms with Gasteiger partial charge < -0.3 is 9.64 Å². The third-order valence-corrected chi connectivity index (χ3v) is 3.39. The van der Waals surface area contributed by atoms with E-state index in [1.54, 1.807) is 7.11 Å². The summed E-state index contributed by atoms with van der Waals surface area (Å²) in [4.78, 5) is 13.8. The molecule has 0 aromatic heterocycles. The van der Waals surface area contributed by atoms with Gasteiger partial charge in [0.2, 0.25) is 0 Å². The average molecular weight is 183 g/mol. The quantitative estimate of drug-likeness (QED) is 0.640. The number of amides is 1. The molecule has 1 heterocycles. The van der Waals surface area contributed by atoms with Gasteiger partial charge in [-0.3, -0.25) is 4.79 Å². The van der Waals surface area contributed by atoms with E-state index in [0.29, 0.717) is 6.04 Å². The average Bonchev–Trinajstić information content (AvgIpc) is 2.76. The van der Waals surface area contributed by atoms with Crippen LogP contribution in [0, 0.1) is 5.92 Å². The predicted molar refractivity (Wildman–Crippen MR) is 49.3 cm³/mol. The Kier molecular flexibility index (Phi) is 2.28. The molecular weight excluding hydrogens is 166 g/mol. The summed E-state index contributed by atoms with van der Waals surface area (Å²) in [5, 5.41) is 0. The van der Waals surface area contributed by atoms with Crippen LogP contribution < -0.4 is 0 Å². The molecule has 1 amide bonds. The van der Waals surface area contributed by atoms with Crippen molar-refractivity contribution in [2.75, 3.05) is 13.7 Å². The normalized spacial score (nSPS) is 33.8. The minimum atomic E-state index is -0.264. The van der Waals surface area contributed by atoms with E-state index in [9.17, 15) is 4.79 Å². The third kappa shape index (κ3) is 1.46. The van der Waals surface area contributed by atoms with Crippen molar-refractivity contribution in [3.63, 3.8) is 0 Å². The molecule has 2 aliphatic rings. The summed E-state index contributed by atoms with van der Waals surface area (Å²) in [6.07, 6.45) is 3.48. The number of hydrogen-bond donors (Lipinski definition) is 0. The molecule has 2 fully saturated rings. The van der Waals surface area contributed by atoms with Crippen molar-refractivity contribution in [3.8, 4) is 0 Å². The number of likely N-dealkylation sites (tertiary alicyclic amines) is 1. The molecule has 1 saturated heterocycles. The fraction of sp³-hybridized carbons (Fsp3) is 0.900. The van der Waals surface area contributed by atoms with Crippen LogP contribution in [0.2, 0.25) is 0 Å². The van der Waals surface area contributed by atoms with Gasteiger partial charge in [0, 0.05) is 19.7 Å². The monoisotopic (exact) mass is 183 g/mol. The van der Waals surface area contributed by atoms with Gasteiger partial charge >= 0.3 is 0 Å². The Morgan fingerprint density at radius 2 is 2.31 bits per heavy atom. The maximum atomic E-state index is 11.8. The molecule has 0 radical (unpaired) electrons.